The van der Waals surface area contributed by atoms with Gasteiger partial charge in [-0.25, -0.2) is 0 Å². The summed E-state index contributed by atoms with van der Waals surface area (Å²) in [6, 6.07) is 16.4. The molecular formula is C22H24N2O5. The van der Waals surface area contributed by atoms with Gasteiger partial charge in [0.1, 0.15) is 0 Å². The number of carbonyl (C=O) groups excluding carboxylic acids is 2. The van der Waals surface area contributed by atoms with E-state index in [1.807, 2.05) is 18.2 Å². The van der Waals surface area contributed by atoms with Crippen LogP contribution in [0.25, 0.3) is 0 Å². The van der Waals surface area contributed by atoms with E-state index in [0.29, 0.717) is 23.6 Å². The van der Waals surface area contributed by atoms with Crippen molar-refractivity contribution in [2.75, 3.05) is 32.3 Å². The quantitative estimate of drug-likeness (QED) is 0.573. The predicted molar refractivity (Wildman–Crippen MR) is 108 cm³/mol. The Labute approximate surface area is 170 Å². The minimum absolute atomic E-state index is 0.131. The number of nitrogens with zero attached hydrogens (tertiary/aromatic N) is 2. The molecule has 7 nitrogen and oxygen atoms in total. The summed E-state index contributed by atoms with van der Waals surface area (Å²) < 4.78 is 15.6. The predicted octanol–water partition coefficient (Wildman–Crippen LogP) is 3.13. The lowest BCUT2D eigenvalue weighted by atomic mass is 10.1. The first kappa shape index (κ1) is 21.8. The third-order valence-corrected chi connectivity index (χ3v) is 4.24. The number of methoxy groups -OCH3 is 2. The van der Waals surface area contributed by atoms with Crippen molar-refractivity contribution in [3.8, 4) is 17.6 Å². The van der Waals surface area contributed by atoms with Crippen molar-refractivity contribution in [2.45, 2.75) is 19.3 Å². The molecule has 29 heavy (non-hydrogen) atoms. The molecule has 0 N–H and O–H groups in total. The van der Waals surface area contributed by atoms with Crippen LogP contribution in [0.4, 0.5) is 5.69 Å². The highest BCUT2D eigenvalue weighted by molar-refractivity contribution is 5.95. The van der Waals surface area contributed by atoms with E-state index in [9.17, 15) is 9.59 Å². The van der Waals surface area contributed by atoms with Gasteiger partial charge in [0.15, 0.2) is 18.1 Å². The molecule has 0 saturated heterocycles. The number of anilines is 1. The van der Waals surface area contributed by atoms with Gasteiger partial charge in [0.05, 0.1) is 26.7 Å². The van der Waals surface area contributed by atoms with Gasteiger partial charge >= 0.3 is 5.97 Å². The first-order valence-electron chi connectivity index (χ1n) is 9.18. The zero-order chi connectivity index (χ0) is 21.1. The summed E-state index contributed by atoms with van der Waals surface area (Å²) in [4.78, 5) is 26.0. The average Bonchev–Trinajstić information content (AvgIpc) is 2.76. The fraction of sp³-hybridized carbons (Fsp3) is 0.318. The van der Waals surface area contributed by atoms with Gasteiger partial charge in [-0.15, -0.1) is 0 Å². The monoisotopic (exact) mass is 396 g/mol. The van der Waals surface area contributed by atoms with Gasteiger partial charge in [-0.1, -0.05) is 24.3 Å². The molecule has 0 fully saturated rings. The van der Waals surface area contributed by atoms with E-state index < -0.39 is 5.97 Å². The normalized spacial score (nSPS) is 9.97. The Balaban J connectivity index is 1.88. The maximum absolute atomic E-state index is 12.5. The number of esters is 1. The first-order valence-corrected chi connectivity index (χ1v) is 9.18. The minimum atomic E-state index is -0.471. The Hall–Kier alpha value is -3.53. The molecule has 152 valence electrons. The van der Waals surface area contributed by atoms with Gasteiger partial charge in [-0.05, 0) is 36.2 Å². The highest BCUT2D eigenvalue weighted by Gasteiger charge is 2.17. The SMILES string of the molecule is COc1ccc(CCC(=O)OCC(=O)N(CCC#N)c2ccccc2)cc1OC. The third kappa shape index (κ3) is 6.54. The maximum Gasteiger partial charge on any atom is 0.306 e. The van der Waals surface area contributed by atoms with E-state index in [0.717, 1.165) is 5.56 Å². The van der Waals surface area contributed by atoms with Crippen LogP contribution in [0.2, 0.25) is 0 Å². The summed E-state index contributed by atoms with van der Waals surface area (Å²) in [5.74, 6) is 0.361. The van der Waals surface area contributed by atoms with Crippen LogP contribution in [0.1, 0.15) is 18.4 Å². The molecular weight excluding hydrogens is 372 g/mol. The molecule has 2 aromatic rings. The lowest BCUT2D eigenvalue weighted by Crippen LogP contribution is -2.35. The molecule has 7 heteroatoms. The molecule has 0 unspecified atom stereocenters. The van der Waals surface area contributed by atoms with Crippen LogP contribution < -0.4 is 14.4 Å². The Morgan fingerprint density at radius 2 is 1.76 bits per heavy atom. The Bertz CT molecular complexity index is 861. The number of para-hydroxylation sites is 1. The molecule has 0 atom stereocenters. The van der Waals surface area contributed by atoms with Gasteiger partial charge in [0.25, 0.3) is 5.91 Å². The molecule has 0 saturated carbocycles. The Morgan fingerprint density at radius 3 is 2.41 bits per heavy atom. The minimum Gasteiger partial charge on any atom is -0.493 e. The zero-order valence-corrected chi connectivity index (χ0v) is 16.6. The number of carbonyl (C=O) groups is 2. The van der Waals surface area contributed by atoms with Crippen LogP contribution in [-0.2, 0) is 20.7 Å². The van der Waals surface area contributed by atoms with Crippen molar-refractivity contribution in [1.29, 1.82) is 5.26 Å². The maximum atomic E-state index is 12.5. The third-order valence-electron chi connectivity index (χ3n) is 4.24. The molecule has 0 aliphatic carbocycles. The van der Waals surface area contributed by atoms with Crippen molar-refractivity contribution in [2.24, 2.45) is 0 Å². The fourth-order valence-electron chi connectivity index (χ4n) is 2.74. The molecule has 1 amide bonds. The van der Waals surface area contributed by atoms with Crippen molar-refractivity contribution < 1.29 is 23.8 Å². The number of aryl methyl sites for hydroxylation is 1. The van der Waals surface area contributed by atoms with Gasteiger partial charge in [0.2, 0.25) is 0 Å². The van der Waals surface area contributed by atoms with Crippen molar-refractivity contribution in [1.82, 2.24) is 0 Å². The highest BCUT2D eigenvalue weighted by atomic mass is 16.5. The van der Waals surface area contributed by atoms with Crippen molar-refractivity contribution >= 4 is 17.6 Å². The van der Waals surface area contributed by atoms with Crippen LogP contribution in [0.3, 0.4) is 0 Å². The summed E-state index contributed by atoms with van der Waals surface area (Å²) in [5.41, 5.74) is 1.56. The molecule has 0 radical (unpaired) electrons. The second-order valence-corrected chi connectivity index (χ2v) is 6.14. The van der Waals surface area contributed by atoms with Crippen LogP contribution in [0.5, 0.6) is 11.5 Å². The molecule has 0 aliphatic rings. The number of amides is 1. The van der Waals surface area contributed by atoms with Crippen molar-refractivity contribution in [3.63, 3.8) is 0 Å². The van der Waals surface area contributed by atoms with Gasteiger partial charge < -0.3 is 19.1 Å². The summed E-state index contributed by atoms with van der Waals surface area (Å²) in [7, 11) is 3.10. The van der Waals surface area contributed by atoms with Crippen LogP contribution in [0, 0.1) is 11.3 Å². The van der Waals surface area contributed by atoms with Crippen LogP contribution >= 0.6 is 0 Å². The van der Waals surface area contributed by atoms with Crippen molar-refractivity contribution in [3.05, 3.63) is 54.1 Å². The molecule has 2 rings (SSSR count). The number of nitriles is 1. The Morgan fingerprint density at radius 1 is 1.03 bits per heavy atom. The molecule has 0 aliphatic heterocycles. The topological polar surface area (TPSA) is 88.9 Å². The number of hydrogen-bond donors (Lipinski definition) is 0. The van der Waals surface area contributed by atoms with Gasteiger partial charge in [-0.3, -0.25) is 9.59 Å². The van der Waals surface area contributed by atoms with Gasteiger partial charge in [0, 0.05) is 18.7 Å². The molecule has 2 aromatic carbocycles. The smallest absolute Gasteiger partial charge is 0.306 e. The first-order chi connectivity index (χ1) is 14.1. The number of benzene rings is 2. The molecule has 0 bridgehead atoms. The lowest BCUT2D eigenvalue weighted by molar-refractivity contribution is -0.147. The fourth-order valence-corrected chi connectivity index (χ4v) is 2.74. The summed E-state index contributed by atoms with van der Waals surface area (Å²) in [5, 5.41) is 8.82. The molecule has 0 spiro atoms. The standard InChI is InChI=1S/C22H24N2O5/c1-27-19-11-9-17(15-20(19)28-2)10-12-22(26)29-16-21(25)24(14-6-13-23)18-7-4-3-5-8-18/h3-5,7-9,11,15H,6,10,12,14,16H2,1-2H3. The van der Waals surface area contributed by atoms with E-state index in [1.165, 1.54) is 4.90 Å². The lowest BCUT2D eigenvalue weighted by Gasteiger charge is -2.21. The van der Waals surface area contributed by atoms with E-state index in [2.05, 4.69) is 0 Å². The van der Waals surface area contributed by atoms with E-state index >= 15 is 0 Å². The molecule has 0 heterocycles. The number of hydrogen-bond acceptors (Lipinski definition) is 6. The van der Waals surface area contributed by atoms with Gasteiger partial charge in [-0.2, -0.15) is 5.26 Å². The second-order valence-electron chi connectivity index (χ2n) is 6.14. The summed E-state index contributed by atoms with van der Waals surface area (Å²) in [6.45, 7) is -0.131. The summed E-state index contributed by atoms with van der Waals surface area (Å²) in [6.07, 6.45) is 0.768. The van der Waals surface area contributed by atoms with E-state index in [4.69, 9.17) is 19.5 Å². The highest BCUT2D eigenvalue weighted by Crippen LogP contribution is 2.28. The summed E-state index contributed by atoms with van der Waals surface area (Å²) >= 11 is 0. The second kappa shape index (κ2) is 11.3. The number of rotatable bonds is 10. The van der Waals surface area contributed by atoms with Crippen LogP contribution in [-0.4, -0.2) is 39.2 Å². The largest absolute Gasteiger partial charge is 0.493 e. The Kier molecular flexibility index (Phi) is 8.51. The number of ether oxygens (including phenoxy) is 3. The average molecular weight is 396 g/mol. The zero-order valence-electron chi connectivity index (χ0n) is 16.6. The van der Waals surface area contributed by atoms with E-state index in [1.54, 1.807) is 50.6 Å². The molecule has 0 aromatic heterocycles. The van der Waals surface area contributed by atoms with E-state index in [-0.39, 0.29) is 31.9 Å². The van der Waals surface area contributed by atoms with Crippen LogP contribution in [0.15, 0.2) is 48.5 Å².